The van der Waals surface area contributed by atoms with Gasteiger partial charge in [-0.05, 0) is 41.8 Å². The molecule has 0 unspecified atom stereocenters. The number of aromatic nitrogens is 1. The molecule has 0 aliphatic carbocycles. The number of carbonyl (C=O) groups is 1. The first kappa shape index (κ1) is 25.7. The summed E-state index contributed by atoms with van der Waals surface area (Å²) in [6.07, 6.45) is 0. The summed E-state index contributed by atoms with van der Waals surface area (Å²) in [5, 5.41) is 14.7. The topological polar surface area (TPSA) is 130 Å². The number of pyridine rings is 1. The number of nitrogens with one attached hydrogen (secondary N) is 1. The van der Waals surface area contributed by atoms with Gasteiger partial charge < -0.3 is 20.5 Å². The zero-order valence-electron chi connectivity index (χ0n) is 21.3. The molecule has 196 valence electrons. The van der Waals surface area contributed by atoms with Crippen molar-refractivity contribution in [2.75, 3.05) is 25.3 Å². The number of fused-ring (bicyclic) bond motifs is 1. The molecule has 9 nitrogen and oxygen atoms in total. The average molecular weight is 541 g/mol. The van der Waals surface area contributed by atoms with Crippen LogP contribution in [-0.4, -0.2) is 30.0 Å². The van der Waals surface area contributed by atoms with Gasteiger partial charge >= 0.3 is 0 Å². The lowest BCUT2D eigenvalue weighted by atomic mass is 9.99. The van der Waals surface area contributed by atoms with E-state index in [0.717, 1.165) is 33.7 Å². The molecule has 0 fully saturated rings. The van der Waals surface area contributed by atoms with Gasteiger partial charge in [0.05, 0.1) is 36.2 Å². The van der Waals surface area contributed by atoms with Crippen molar-refractivity contribution in [3.05, 3.63) is 93.4 Å². The lowest BCUT2D eigenvalue weighted by molar-refractivity contribution is -0.384. The highest BCUT2D eigenvalue weighted by atomic mass is 32.1. The Kier molecular flexibility index (Phi) is 6.86. The number of rotatable bonds is 7. The number of carbonyl (C=O) groups excluding carboxylic acids is 1. The zero-order valence-corrected chi connectivity index (χ0v) is 22.2. The summed E-state index contributed by atoms with van der Waals surface area (Å²) >= 11 is 1.16. The van der Waals surface area contributed by atoms with Crippen LogP contribution in [0.15, 0.2) is 72.8 Å². The average Bonchev–Trinajstić information content (AvgIpc) is 3.30. The zero-order chi connectivity index (χ0) is 27.7. The number of thiophene rings is 1. The van der Waals surface area contributed by atoms with E-state index in [1.807, 2.05) is 54.6 Å². The second-order valence-electron chi connectivity index (χ2n) is 8.73. The van der Waals surface area contributed by atoms with Crippen LogP contribution in [0.3, 0.4) is 0 Å². The first-order valence-corrected chi connectivity index (χ1v) is 12.7. The third kappa shape index (κ3) is 4.85. The van der Waals surface area contributed by atoms with Crippen molar-refractivity contribution in [1.82, 2.24) is 4.98 Å². The van der Waals surface area contributed by atoms with Crippen molar-refractivity contribution in [3.8, 4) is 33.9 Å². The molecular formula is C29H24N4O5S. The number of benzene rings is 3. The molecule has 0 spiro atoms. The number of ether oxygens (including phenoxy) is 2. The Hall–Kier alpha value is -4.96. The standard InChI is InChI=1S/C29H24N4O5S/c1-16-9-11-19(33(35)36)14-21(16)31-28(34)27-26(30)25-20(18-10-12-23(37-2)24(13-18)38-3)15-22(32-29(25)39-27)17-7-5-4-6-8-17/h4-15H,30H2,1-3H3,(H,31,34). The lowest BCUT2D eigenvalue weighted by Crippen LogP contribution is -2.13. The minimum atomic E-state index is -0.507. The predicted octanol–water partition coefficient (Wildman–Crippen LogP) is 6.70. The molecule has 0 saturated carbocycles. The fraction of sp³-hybridized carbons (Fsp3) is 0.103. The first-order chi connectivity index (χ1) is 18.8. The molecule has 3 aromatic carbocycles. The van der Waals surface area contributed by atoms with Crippen LogP contribution in [0.2, 0.25) is 0 Å². The highest BCUT2D eigenvalue weighted by Gasteiger charge is 2.23. The van der Waals surface area contributed by atoms with E-state index in [1.54, 1.807) is 27.2 Å². The molecule has 0 aliphatic rings. The summed E-state index contributed by atoms with van der Waals surface area (Å²) in [6, 6.07) is 21.5. The number of anilines is 2. The van der Waals surface area contributed by atoms with Crippen molar-refractivity contribution < 1.29 is 19.2 Å². The van der Waals surface area contributed by atoms with Crippen LogP contribution in [0.5, 0.6) is 11.5 Å². The van der Waals surface area contributed by atoms with E-state index in [2.05, 4.69) is 5.32 Å². The first-order valence-electron chi connectivity index (χ1n) is 11.9. The van der Waals surface area contributed by atoms with Gasteiger partial charge in [0.15, 0.2) is 11.5 Å². The number of methoxy groups -OCH3 is 2. The van der Waals surface area contributed by atoms with Gasteiger partial charge in [0, 0.05) is 23.1 Å². The van der Waals surface area contributed by atoms with Gasteiger partial charge in [-0.1, -0.05) is 42.5 Å². The monoisotopic (exact) mass is 540 g/mol. The van der Waals surface area contributed by atoms with Crippen LogP contribution in [0.25, 0.3) is 32.6 Å². The second kappa shape index (κ2) is 10.4. The number of hydrogen-bond acceptors (Lipinski definition) is 8. The van der Waals surface area contributed by atoms with Gasteiger partial charge in [-0.2, -0.15) is 0 Å². The van der Waals surface area contributed by atoms with E-state index >= 15 is 0 Å². The third-order valence-corrected chi connectivity index (χ3v) is 7.45. The summed E-state index contributed by atoms with van der Waals surface area (Å²) in [4.78, 5) is 29.8. The molecule has 0 bridgehead atoms. The van der Waals surface area contributed by atoms with Crippen LogP contribution in [-0.2, 0) is 0 Å². The number of aryl methyl sites for hydroxylation is 1. The minimum absolute atomic E-state index is 0.120. The number of nitro benzene ring substituents is 1. The van der Waals surface area contributed by atoms with Crippen molar-refractivity contribution in [1.29, 1.82) is 0 Å². The molecule has 0 aliphatic heterocycles. The summed E-state index contributed by atoms with van der Waals surface area (Å²) in [7, 11) is 3.14. The van der Waals surface area contributed by atoms with E-state index in [9.17, 15) is 14.9 Å². The second-order valence-corrected chi connectivity index (χ2v) is 9.73. The van der Waals surface area contributed by atoms with Crippen molar-refractivity contribution in [3.63, 3.8) is 0 Å². The maximum Gasteiger partial charge on any atom is 0.271 e. The number of nitrogens with two attached hydrogens (primary N) is 1. The largest absolute Gasteiger partial charge is 0.493 e. The molecule has 0 radical (unpaired) electrons. The fourth-order valence-electron chi connectivity index (χ4n) is 4.32. The molecule has 3 N–H and O–H groups in total. The molecule has 5 rings (SSSR count). The number of non-ortho nitro benzene ring substituents is 1. The van der Waals surface area contributed by atoms with Gasteiger partial charge in [0.25, 0.3) is 11.6 Å². The van der Waals surface area contributed by atoms with Crippen LogP contribution < -0.4 is 20.5 Å². The Balaban J connectivity index is 1.67. The fourth-order valence-corrected chi connectivity index (χ4v) is 5.33. The van der Waals surface area contributed by atoms with Gasteiger partial charge in [-0.15, -0.1) is 11.3 Å². The number of nitrogens with zero attached hydrogens (tertiary/aromatic N) is 2. The Morgan fingerprint density at radius 3 is 2.41 bits per heavy atom. The Bertz CT molecular complexity index is 1730. The quantitative estimate of drug-likeness (QED) is 0.174. The van der Waals surface area contributed by atoms with Gasteiger partial charge in [-0.25, -0.2) is 4.98 Å². The van der Waals surface area contributed by atoms with E-state index in [0.29, 0.717) is 33.0 Å². The summed E-state index contributed by atoms with van der Waals surface area (Å²) < 4.78 is 10.9. The van der Waals surface area contributed by atoms with Gasteiger partial charge in [-0.3, -0.25) is 14.9 Å². The van der Waals surface area contributed by atoms with Crippen molar-refractivity contribution >= 4 is 44.5 Å². The maximum atomic E-state index is 13.4. The molecule has 2 aromatic heterocycles. The van der Waals surface area contributed by atoms with E-state index in [1.165, 1.54) is 12.1 Å². The Morgan fingerprint density at radius 1 is 0.974 bits per heavy atom. The summed E-state index contributed by atoms with van der Waals surface area (Å²) in [5.74, 6) is 0.660. The van der Waals surface area contributed by atoms with Crippen LogP contribution in [0.4, 0.5) is 17.1 Å². The molecule has 1 amide bonds. The van der Waals surface area contributed by atoms with Crippen molar-refractivity contribution in [2.24, 2.45) is 0 Å². The number of nitrogen functional groups attached to an aromatic ring is 1. The smallest absolute Gasteiger partial charge is 0.271 e. The molecule has 39 heavy (non-hydrogen) atoms. The highest BCUT2D eigenvalue weighted by Crippen LogP contribution is 2.43. The molecule has 0 saturated heterocycles. The normalized spacial score (nSPS) is 10.8. The highest BCUT2D eigenvalue weighted by molar-refractivity contribution is 7.21. The number of amides is 1. The van der Waals surface area contributed by atoms with E-state index < -0.39 is 10.8 Å². The SMILES string of the molecule is COc1ccc(-c2cc(-c3ccccc3)nc3sc(C(=O)Nc4cc([N+](=O)[O-])ccc4C)c(N)c23)cc1OC. The number of hydrogen-bond donors (Lipinski definition) is 2. The number of nitro groups is 1. The van der Waals surface area contributed by atoms with Crippen LogP contribution in [0, 0.1) is 17.0 Å². The molecular weight excluding hydrogens is 516 g/mol. The molecule has 2 heterocycles. The minimum Gasteiger partial charge on any atom is -0.493 e. The predicted molar refractivity (Wildman–Crippen MR) is 154 cm³/mol. The maximum absolute atomic E-state index is 13.4. The van der Waals surface area contributed by atoms with Gasteiger partial charge in [0.2, 0.25) is 0 Å². The van der Waals surface area contributed by atoms with Gasteiger partial charge in [0.1, 0.15) is 9.71 Å². The Labute approximate surface area is 228 Å². The van der Waals surface area contributed by atoms with E-state index in [-0.39, 0.29) is 16.3 Å². The van der Waals surface area contributed by atoms with E-state index in [4.69, 9.17) is 20.2 Å². The summed E-state index contributed by atoms with van der Waals surface area (Å²) in [6.45, 7) is 1.76. The lowest BCUT2D eigenvalue weighted by Gasteiger charge is -2.12. The molecule has 0 atom stereocenters. The molecule has 10 heteroatoms. The molecule has 5 aromatic rings. The third-order valence-electron chi connectivity index (χ3n) is 6.35. The Morgan fingerprint density at radius 2 is 1.72 bits per heavy atom. The van der Waals surface area contributed by atoms with Crippen molar-refractivity contribution in [2.45, 2.75) is 6.92 Å². The summed E-state index contributed by atoms with van der Waals surface area (Å²) in [5.41, 5.74) is 11.0. The van der Waals surface area contributed by atoms with Crippen LogP contribution >= 0.6 is 11.3 Å². The van der Waals surface area contributed by atoms with Crippen LogP contribution in [0.1, 0.15) is 15.2 Å².